The molecule has 20 heavy (non-hydrogen) atoms. The molecule has 5 nitrogen and oxygen atoms in total. The van der Waals surface area contributed by atoms with Crippen molar-refractivity contribution in [1.29, 1.82) is 0 Å². The van der Waals surface area contributed by atoms with Crippen molar-refractivity contribution in [3.05, 3.63) is 12.2 Å². The van der Waals surface area contributed by atoms with Crippen LogP contribution in [-0.2, 0) is 14.3 Å². The van der Waals surface area contributed by atoms with Crippen molar-refractivity contribution in [3.63, 3.8) is 0 Å². The molecular formula is C15H26O5. The lowest BCUT2D eigenvalue weighted by atomic mass is 9.98. The Bertz CT molecular complexity index is 299. The summed E-state index contributed by atoms with van der Waals surface area (Å²) in [4.78, 5) is 22.5. The van der Waals surface area contributed by atoms with Crippen molar-refractivity contribution in [3.8, 4) is 0 Å². The molecule has 0 saturated carbocycles. The van der Waals surface area contributed by atoms with Crippen molar-refractivity contribution in [2.75, 3.05) is 13.2 Å². The highest BCUT2D eigenvalue weighted by Gasteiger charge is 2.21. The maximum atomic E-state index is 11.4. The molecule has 0 aliphatic rings. The van der Waals surface area contributed by atoms with Crippen LogP contribution in [0.5, 0.6) is 0 Å². The highest BCUT2D eigenvalue weighted by atomic mass is 16.5. The maximum absolute atomic E-state index is 11.4. The number of aliphatic carboxylic acids is 1. The molecule has 116 valence electrons. The number of allylic oxidation sites excluding steroid dienone is 2. The van der Waals surface area contributed by atoms with Crippen molar-refractivity contribution in [2.45, 2.75) is 51.9 Å². The van der Waals surface area contributed by atoms with E-state index < -0.39 is 17.9 Å². The van der Waals surface area contributed by atoms with Gasteiger partial charge in [0.2, 0.25) is 0 Å². The van der Waals surface area contributed by atoms with Crippen LogP contribution in [0.4, 0.5) is 0 Å². The number of carbonyl (C=O) groups excluding carboxylic acids is 1. The molecule has 0 heterocycles. The first kappa shape index (κ1) is 18.6. The lowest BCUT2D eigenvalue weighted by molar-refractivity contribution is -0.152. The van der Waals surface area contributed by atoms with Crippen molar-refractivity contribution >= 4 is 11.9 Å². The first-order valence-electron chi connectivity index (χ1n) is 7.26. The molecule has 0 fully saturated rings. The van der Waals surface area contributed by atoms with Crippen LogP contribution in [0.25, 0.3) is 0 Å². The number of esters is 1. The fourth-order valence-corrected chi connectivity index (χ4v) is 1.71. The number of rotatable bonds is 12. The normalized spacial score (nSPS) is 12.5. The van der Waals surface area contributed by atoms with Crippen LogP contribution in [0.2, 0.25) is 0 Å². The van der Waals surface area contributed by atoms with E-state index >= 15 is 0 Å². The van der Waals surface area contributed by atoms with Gasteiger partial charge in [-0.05, 0) is 25.7 Å². The van der Waals surface area contributed by atoms with Crippen LogP contribution in [0.1, 0.15) is 51.9 Å². The van der Waals surface area contributed by atoms with Gasteiger partial charge in [-0.15, -0.1) is 0 Å². The number of ether oxygens (including phenoxy) is 1. The van der Waals surface area contributed by atoms with E-state index in [1.165, 1.54) is 0 Å². The molecule has 0 saturated heterocycles. The zero-order valence-corrected chi connectivity index (χ0v) is 12.2. The van der Waals surface area contributed by atoms with Gasteiger partial charge in [0, 0.05) is 13.0 Å². The van der Waals surface area contributed by atoms with Gasteiger partial charge in [-0.3, -0.25) is 9.59 Å². The van der Waals surface area contributed by atoms with Gasteiger partial charge in [0.1, 0.15) is 0 Å². The van der Waals surface area contributed by atoms with E-state index in [-0.39, 0.29) is 19.6 Å². The molecule has 0 rings (SSSR count). The van der Waals surface area contributed by atoms with Gasteiger partial charge in [0.05, 0.1) is 18.9 Å². The first-order valence-corrected chi connectivity index (χ1v) is 7.26. The number of carboxylic acid groups (broad SMARTS) is 1. The predicted molar refractivity (Wildman–Crippen MR) is 76.3 cm³/mol. The number of carboxylic acids is 1. The van der Waals surface area contributed by atoms with Gasteiger partial charge in [0.15, 0.2) is 0 Å². The summed E-state index contributed by atoms with van der Waals surface area (Å²) in [6, 6.07) is 0. The molecule has 1 atom stereocenters. The Balaban J connectivity index is 3.92. The number of aliphatic hydroxyl groups is 1. The summed E-state index contributed by atoms with van der Waals surface area (Å²) in [5.41, 5.74) is 0. The Morgan fingerprint density at radius 2 is 1.90 bits per heavy atom. The van der Waals surface area contributed by atoms with Gasteiger partial charge in [-0.25, -0.2) is 0 Å². The van der Waals surface area contributed by atoms with E-state index in [0.29, 0.717) is 12.8 Å². The number of hydrogen-bond donors (Lipinski definition) is 2. The largest absolute Gasteiger partial charge is 0.481 e. The molecular weight excluding hydrogens is 260 g/mol. The molecule has 2 N–H and O–H groups in total. The standard InChI is InChI=1S/C15H26O5/c1-2-3-4-5-6-7-9-13(15(18)19)12-14(17)20-11-8-10-16/h4-5,13,16H,2-3,6-12H2,1H3,(H,18,19)/b5-4+. The Hall–Kier alpha value is -1.36. The summed E-state index contributed by atoms with van der Waals surface area (Å²) in [5.74, 6) is -2.15. The van der Waals surface area contributed by atoms with Gasteiger partial charge in [-0.2, -0.15) is 0 Å². The molecule has 0 bridgehead atoms. The van der Waals surface area contributed by atoms with E-state index in [9.17, 15) is 9.59 Å². The lowest BCUT2D eigenvalue weighted by Crippen LogP contribution is -2.20. The van der Waals surface area contributed by atoms with E-state index in [0.717, 1.165) is 25.7 Å². The third kappa shape index (κ3) is 10.6. The van der Waals surface area contributed by atoms with Crippen molar-refractivity contribution in [1.82, 2.24) is 0 Å². The summed E-state index contributed by atoms with van der Waals surface area (Å²) >= 11 is 0. The summed E-state index contributed by atoms with van der Waals surface area (Å²) in [6.07, 6.45) is 8.64. The summed E-state index contributed by atoms with van der Waals surface area (Å²) < 4.78 is 4.85. The van der Waals surface area contributed by atoms with E-state index in [1.807, 2.05) is 0 Å². The molecule has 0 radical (unpaired) electrons. The van der Waals surface area contributed by atoms with Crippen LogP contribution in [0.3, 0.4) is 0 Å². The monoisotopic (exact) mass is 286 g/mol. The summed E-state index contributed by atoms with van der Waals surface area (Å²) in [5, 5.41) is 17.6. The van der Waals surface area contributed by atoms with Crippen LogP contribution >= 0.6 is 0 Å². The van der Waals surface area contributed by atoms with Crippen LogP contribution < -0.4 is 0 Å². The van der Waals surface area contributed by atoms with Gasteiger partial charge in [0.25, 0.3) is 0 Å². The number of carbonyl (C=O) groups is 2. The molecule has 0 aromatic rings. The number of unbranched alkanes of at least 4 members (excludes halogenated alkanes) is 2. The van der Waals surface area contributed by atoms with E-state index in [2.05, 4.69) is 19.1 Å². The topological polar surface area (TPSA) is 83.8 Å². The van der Waals surface area contributed by atoms with Gasteiger partial charge in [-0.1, -0.05) is 25.5 Å². The molecule has 1 unspecified atom stereocenters. The van der Waals surface area contributed by atoms with Crippen LogP contribution in [0, 0.1) is 5.92 Å². The third-order valence-electron chi connectivity index (χ3n) is 2.87. The minimum Gasteiger partial charge on any atom is -0.481 e. The Morgan fingerprint density at radius 3 is 2.50 bits per heavy atom. The Morgan fingerprint density at radius 1 is 1.20 bits per heavy atom. The second-order valence-electron chi connectivity index (χ2n) is 4.73. The van der Waals surface area contributed by atoms with Gasteiger partial charge < -0.3 is 14.9 Å². The fraction of sp³-hybridized carbons (Fsp3) is 0.733. The maximum Gasteiger partial charge on any atom is 0.307 e. The number of aliphatic hydroxyl groups excluding tert-OH is 1. The molecule has 0 aromatic carbocycles. The molecule has 5 heteroatoms. The van der Waals surface area contributed by atoms with Crippen molar-refractivity contribution < 1.29 is 24.5 Å². The zero-order chi connectivity index (χ0) is 15.2. The second-order valence-corrected chi connectivity index (χ2v) is 4.73. The fourth-order valence-electron chi connectivity index (χ4n) is 1.71. The third-order valence-corrected chi connectivity index (χ3v) is 2.87. The van der Waals surface area contributed by atoms with Gasteiger partial charge >= 0.3 is 11.9 Å². The molecule has 0 aliphatic heterocycles. The van der Waals surface area contributed by atoms with Crippen LogP contribution in [-0.4, -0.2) is 35.4 Å². The second kappa shape index (κ2) is 12.7. The predicted octanol–water partition coefficient (Wildman–Crippen LogP) is 2.53. The molecule has 0 amide bonds. The SMILES string of the molecule is CCC/C=C/CCCC(CC(=O)OCCCO)C(=O)O. The average Bonchev–Trinajstić information content (AvgIpc) is 2.41. The van der Waals surface area contributed by atoms with Crippen LogP contribution in [0.15, 0.2) is 12.2 Å². The number of hydrogen-bond acceptors (Lipinski definition) is 4. The zero-order valence-electron chi connectivity index (χ0n) is 12.2. The van der Waals surface area contributed by atoms with E-state index in [1.54, 1.807) is 0 Å². The minimum absolute atomic E-state index is 0.0419. The minimum atomic E-state index is -0.957. The average molecular weight is 286 g/mol. The first-order chi connectivity index (χ1) is 9.61. The van der Waals surface area contributed by atoms with Crippen molar-refractivity contribution in [2.24, 2.45) is 5.92 Å². The summed E-state index contributed by atoms with van der Waals surface area (Å²) in [6.45, 7) is 2.20. The lowest BCUT2D eigenvalue weighted by Gasteiger charge is -2.11. The van der Waals surface area contributed by atoms with E-state index in [4.69, 9.17) is 14.9 Å². The quantitative estimate of drug-likeness (QED) is 0.327. The highest BCUT2D eigenvalue weighted by Crippen LogP contribution is 2.14. The Kier molecular flexibility index (Phi) is 11.8. The smallest absolute Gasteiger partial charge is 0.307 e. The summed E-state index contributed by atoms with van der Waals surface area (Å²) in [7, 11) is 0. The molecule has 0 spiro atoms. The Labute approximate surface area is 120 Å². The molecule has 0 aromatic heterocycles. The molecule has 0 aliphatic carbocycles. The highest BCUT2D eigenvalue weighted by molar-refractivity contribution is 5.78.